The van der Waals surface area contributed by atoms with E-state index in [1.165, 1.54) is 0 Å². The molecule has 0 radical (unpaired) electrons. The SMILES string of the molecule is CCC(C)C(=O)OC1CC2CCC1C1COC(=O)C21. The fourth-order valence-corrected chi connectivity index (χ4v) is 4.05. The van der Waals surface area contributed by atoms with Gasteiger partial charge in [-0.1, -0.05) is 13.8 Å². The molecule has 4 aliphatic rings. The molecular weight excluding hydrogens is 244 g/mol. The molecule has 6 atom stereocenters. The van der Waals surface area contributed by atoms with Gasteiger partial charge in [-0.15, -0.1) is 0 Å². The van der Waals surface area contributed by atoms with E-state index in [0.717, 1.165) is 25.7 Å². The van der Waals surface area contributed by atoms with Crippen LogP contribution in [0, 0.1) is 29.6 Å². The molecule has 0 N–H and O–H groups in total. The van der Waals surface area contributed by atoms with Crippen molar-refractivity contribution in [3.63, 3.8) is 0 Å². The minimum absolute atomic E-state index is 0.0102. The predicted octanol–water partition coefficient (Wildman–Crippen LogP) is 2.16. The van der Waals surface area contributed by atoms with E-state index >= 15 is 0 Å². The number of ether oxygens (including phenoxy) is 2. The summed E-state index contributed by atoms with van der Waals surface area (Å²) in [6.45, 7) is 4.44. The molecule has 1 aliphatic heterocycles. The Morgan fingerprint density at radius 1 is 1.42 bits per heavy atom. The van der Waals surface area contributed by atoms with Crippen molar-refractivity contribution in [2.45, 2.75) is 45.6 Å². The molecule has 0 amide bonds. The molecule has 0 aromatic rings. The average molecular weight is 266 g/mol. The third kappa shape index (κ3) is 2.05. The van der Waals surface area contributed by atoms with E-state index in [2.05, 4.69) is 0 Å². The summed E-state index contributed by atoms with van der Waals surface area (Å²) in [6.07, 6.45) is 3.83. The van der Waals surface area contributed by atoms with Crippen LogP contribution in [0.3, 0.4) is 0 Å². The fraction of sp³-hybridized carbons (Fsp3) is 0.867. The van der Waals surface area contributed by atoms with Crippen molar-refractivity contribution >= 4 is 11.9 Å². The molecular formula is C15H22O4. The lowest BCUT2D eigenvalue weighted by Crippen LogP contribution is -2.49. The minimum atomic E-state index is -0.0816. The highest BCUT2D eigenvalue weighted by Gasteiger charge is 2.56. The largest absolute Gasteiger partial charge is 0.465 e. The molecule has 4 heteroatoms. The second kappa shape index (κ2) is 4.80. The van der Waals surface area contributed by atoms with Crippen LogP contribution in [0.4, 0.5) is 0 Å². The lowest BCUT2D eigenvalue weighted by atomic mass is 9.58. The topological polar surface area (TPSA) is 52.6 Å². The second-order valence-corrected chi connectivity index (χ2v) is 6.34. The fourth-order valence-electron chi connectivity index (χ4n) is 4.05. The summed E-state index contributed by atoms with van der Waals surface area (Å²) in [4.78, 5) is 23.7. The minimum Gasteiger partial charge on any atom is -0.465 e. The maximum atomic E-state index is 12.0. The van der Waals surface area contributed by atoms with Crippen molar-refractivity contribution in [1.29, 1.82) is 0 Å². The van der Waals surface area contributed by atoms with Crippen LogP contribution in [0.15, 0.2) is 0 Å². The maximum absolute atomic E-state index is 12.0. The van der Waals surface area contributed by atoms with Gasteiger partial charge in [0.05, 0.1) is 18.4 Å². The van der Waals surface area contributed by atoms with E-state index in [-0.39, 0.29) is 35.8 Å². The molecule has 4 rings (SSSR count). The number of hydrogen-bond donors (Lipinski definition) is 0. The summed E-state index contributed by atoms with van der Waals surface area (Å²) in [7, 11) is 0. The van der Waals surface area contributed by atoms with E-state index in [1.807, 2.05) is 13.8 Å². The molecule has 4 fully saturated rings. The van der Waals surface area contributed by atoms with Crippen LogP contribution >= 0.6 is 0 Å². The molecule has 0 aromatic carbocycles. The van der Waals surface area contributed by atoms with Gasteiger partial charge < -0.3 is 9.47 Å². The number of hydrogen-bond acceptors (Lipinski definition) is 4. The van der Waals surface area contributed by atoms with E-state index in [0.29, 0.717) is 18.4 Å². The highest BCUT2D eigenvalue weighted by atomic mass is 16.6. The Labute approximate surface area is 113 Å². The van der Waals surface area contributed by atoms with Crippen molar-refractivity contribution in [2.24, 2.45) is 29.6 Å². The summed E-state index contributed by atoms with van der Waals surface area (Å²) >= 11 is 0. The van der Waals surface area contributed by atoms with Crippen LogP contribution in [0.2, 0.25) is 0 Å². The highest BCUT2D eigenvalue weighted by molar-refractivity contribution is 5.76. The van der Waals surface area contributed by atoms with Gasteiger partial charge in [0, 0.05) is 11.8 Å². The molecule has 1 heterocycles. The molecule has 4 nitrogen and oxygen atoms in total. The zero-order valence-corrected chi connectivity index (χ0v) is 11.6. The first-order valence-electron chi connectivity index (χ1n) is 7.49. The van der Waals surface area contributed by atoms with Crippen molar-refractivity contribution in [3.8, 4) is 0 Å². The standard InChI is InChI=1S/C15H22O4/c1-3-8(2)14(16)19-12-6-9-4-5-10(12)11-7-18-15(17)13(9)11/h8-13H,3-7H2,1-2H3. The van der Waals surface area contributed by atoms with Crippen LogP contribution in [0.25, 0.3) is 0 Å². The Hall–Kier alpha value is -1.06. The van der Waals surface area contributed by atoms with Crippen LogP contribution in [-0.2, 0) is 19.1 Å². The Morgan fingerprint density at radius 3 is 2.95 bits per heavy atom. The van der Waals surface area contributed by atoms with Gasteiger partial charge in [-0.2, -0.15) is 0 Å². The normalized spacial score (nSPS) is 41.6. The van der Waals surface area contributed by atoms with Crippen molar-refractivity contribution < 1.29 is 19.1 Å². The Kier molecular flexibility index (Phi) is 3.27. The summed E-state index contributed by atoms with van der Waals surface area (Å²) in [5, 5.41) is 0. The molecule has 19 heavy (non-hydrogen) atoms. The van der Waals surface area contributed by atoms with E-state index in [9.17, 15) is 9.59 Å². The van der Waals surface area contributed by atoms with Gasteiger partial charge in [0.2, 0.25) is 0 Å². The number of carbonyl (C=O) groups excluding carboxylic acids is 2. The number of rotatable bonds is 3. The van der Waals surface area contributed by atoms with Crippen LogP contribution < -0.4 is 0 Å². The summed E-state index contributed by atoms with van der Waals surface area (Å²) in [5.74, 6) is 0.923. The smallest absolute Gasteiger partial charge is 0.309 e. The molecule has 6 unspecified atom stereocenters. The zero-order chi connectivity index (χ0) is 13.6. The summed E-state index contributed by atoms with van der Waals surface area (Å²) in [5.41, 5.74) is 0. The molecule has 106 valence electrons. The molecule has 3 aliphatic carbocycles. The quantitative estimate of drug-likeness (QED) is 0.735. The number of carbonyl (C=O) groups is 2. The van der Waals surface area contributed by atoms with Gasteiger partial charge in [0.15, 0.2) is 0 Å². The van der Waals surface area contributed by atoms with Gasteiger partial charge >= 0.3 is 11.9 Å². The first-order chi connectivity index (χ1) is 9.11. The predicted molar refractivity (Wildman–Crippen MR) is 68.1 cm³/mol. The molecule has 2 bridgehead atoms. The third-order valence-electron chi connectivity index (χ3n) is 5.37. The van der Waals surface area contributed by atoms with E-state index < -0.39 is 0 Å². The third-order valence-corrected chi connectivity index (χ3v) is 5.37. The van der Waals surface area contributed by atoms with Gasteiger partial charge in [-0.05, 0) is 31.6 Å². The molecule has 3 saturated carbocycles. The second-order valence-electron chi connectivity index (χ2n) is 6.34. The molecule has 1 saturated heterocycles. The van der Waals surface area contributed by atoms with E-state index in [1.54, 1.807) is 0 Å². The average Bonchev–Trinajstić information content (AvgIpc) is 2.82. The summed E-state index contributed by atoms with van der Waals surface area (Å²) < 4.78 is 10.9. The number of esters is 2. The highest BCUT2D eigenvalue weighted by Crippen LogP contribution is 2.52. The first kappa shape index (κ1) is 12.9. The van der Waals surface area contributed by atoms with Gasteiger partial charge in [0.1, 0.15) is 6.10 Å². The number of cyclic esters (lactones) is 1. The lowest BCUT2D eigenvalue weighted by molar-refractivity contribution is -0.168. The monoisotopic (exact) mass is 266 g/mol. The zero-order valence-electron chi connectivity index (χ0n) is 11.6. The maximum Gasteiger partial charge on any atom is 0.309 e. The molecule has 0 spiro atoms. The Morgan fingerprint density at radius 2 is 2.21 bits per heavy atom. The van der Waals surface area contributed by atoms with Crippen molar-refractivity contribution in [3.05, 3.63) is 0 Å². The van der Waals surface area contributed by atoms with Crippen molar-refractivity contribution in [1.82, 2.24) is 0 Å². The first-order valence-corrected chi connectivity index (χ1v) is 7.49. The molecule has 0 aromatic heterocycles. The van der Waals surface area contributed by atoms with E-state index in [4.69, 9.17) is 9.47 Å². The van der Waals surface area contributed by atoms with Crippen LogP contribution in [0.5, 0.6) is 0 Å². The van der Waals surface area contributed by atoms with Gasteiger partial charge in [-0.3, -0.25) is 9.59 Å². The van der Waals surface area contributed by atoms with Crippen LogP contribution in [0.1, 0.15) is 39.5 Å². The Balaban J connectivity index is 1.70. The summed E-state index contributed by atoms with van der Waals surface area (Å²) in [6, 6.07) is 0. The number of fused-ring (bicyclic) bond motifs is 2. The van der Waals surface area contributed by atoms with Crippen LogP contribution in [-0.4, -0.2) is 24.6 Å². The Bertz CT molecular complexity index is 392. The van der Waals surface area contributed by atoms with Gasteiger partial charge in [0.25, 0.3) is 0 Å². The van der Waals surface area contributed by atoms with Crippen molar-refractivity contribution in [2.75, 3.05) is 6.61 Å². The van der Waals surface area contributed by atoms with Gasteiger partial charge in [-0.25, -0.2) is 0 Å². The lowest BCUT2D eigenvalue weighted by Gasteiger charge is -2.47.